The molecular weight excluding hydrogens is 570 g/mol. The van der Waals surface area contributed by atoms with Crippen molar-refractivity contribution in [2.75, 3.05) is 26.7 Å². The summed E-state index contributed by atoms with van der Waals surface area (Å²) in [5, 5.41) is 15.1. The molecule has 2 N–H and O–H groups in total. The van der Waals surface area contributed by atoms with Crippen molar-refractivity contribution in [3.8, 4) is 5.75 Å². The van der Waals surface area contributed by atoms with Gasteiger partial charge in [0, 0.05) is 37.1 Å². The first-order valence-corrected chi connectivity index (χ1v) is 15.5. The van der Waals surface area contributed by atoms with Crippen LogP contribution in [0, 0.1) is 11.8 Å². The molecule has 9 nitrogen and oxygen atoms in total. The number of aromatic nitrogens is 1. The number of hydrogen-bond acceptors (Lipinski definition) is 7. The Hall–Kier alpha value is -4.63. The Labute approximate surface area is 264 Å². The van der Waals surface area contributed by atoms with E-state index in [1.165, 1.54) is 5.56 Å². The minimum atomic E-state index is -0.866. The molecule has 3 atom stereocenters. The molecule has 5 rings (SSSR count). The molecule has 9 heteroatoms. The Bertz CT molecular complexity index is 1530. The summed E-state index contributed by atoms with van der Waals surface area (Å²) in [5.74, 6) is 0.705. The number of aliphatic hydroxyl groups excluding tert-OH is 1. The van der Waals surface area contributed by atoms with E-state index in [4.69, 9.17) is 14.2 Å². The van der Waals surface area contributed by atoms with Crippen LogP contribution < -0.4 is 10.1 Å². The minimum Gasteiger partial charge on any atom is -0.497 e. The highest BCUT2D eigenvalue weighted by molar-refractivity contribution is 5.83. The van der Waals surface area contributed by atoms with Crippen LogP contribution in [-0.4, -0.2) is 60.0 Å². The van der Waals surface area contributed by atoms with Crippen LogP contribution in [0.2, 0.25) is 0 Å². The fourth-order valence-corrected chi connectivity index (χ4v) is 6.00. The van der Waals surface area contributed by atoms with Gasteiger partial charge in [-0.3, -0.25) is 4.98 Å². The van der Waals surface area contributed by atoms with E-state index in [1.807, 2.05) is 91.1 Å². The highest BCUT2D eigenvalue weighted by Gasteiger charge is 2.36. The maximum atomic E-state index is 13.0. The lowest BCUT2D eigenvalue weighted by molar-refractivity contribution is 0.00547. The summed E-state index contributed by atoms with van der Waals surface area (Å²) in [6, 6.07) is 26.9. The Kier molecular flexibility index (Phi) is 11.2. The fraction of sp³-hybridized carbons (Fsp3) is 0.361. The molecule has 1 fully saturated rings. The molecule has 1 saturated heterocycles. The van der Waals surface area contributed by atoms with Crippen LogP contribution in [0.15, 0.2) is 91.1 Å². The number of alkyl carbamates (subject to hydrolysis) is 1. The number of amides is 2. The number of nitrogens with zero attached hydrogens (tertiary/aromatic N) is 2. The van der Waals surface area contributed by atoms with E-state index in [2.05, 4.69) is 10.3 Å². The number of methoxy groups -OCH3 is 1. The number of aryl methyl sites for hydroxylation is 1. The molecule has 1 aromatic heterocycles. The third-order valence-corrected chi connectivity index (χ3v) is 8.49. The summed E-state index contributed by atoms with van der Waals surface area (Å²) >= 11 is 0. The average Bonchev–Trinajstić information content (AvgIpc) is 3.09. The number of carbonyl (C=O) groups excluding carboxylic acids is 2. The van der Waals surface area contributed by atoms with Crippen LogP contribution >= 0.6 is 0 Å². The number of nitrogens with one attached hydrogen (secondary N) is 1. The van der Waals surface area contributed by atoms with Gasteiger partial charge < -0.3 is 29.5 Å². The molecule has 3 aromatic carbocycles. The Morgan fingerprint density at radius 1 is 0.978 bits per heavy atom. The van der Waals surface area contributed by atoms with Gasteiger partial charge in [0.25, 0.3) is 0 Å². The SMILES string of the molecule is COc1ccc2nccc(CCC[C@@H]3CCN(C(=O)OCc4ccccc4)C[C@@H]3C(O)CNC(=O)OCc3ccccc3)c2c1. The molecule has 0 bridgehead atoms. The van der Waals surface area contributed by atoms with Crippen molar-refractivity contribution in [1.29, 1.82) is 0 Å². The van der Waals surface area contributed by atoms with Gasteiger partial charge in [0.2, 0.25) is 0 Å². The predicted molar refractivity (Wildman–Crippen MR) is 172 cm³/mol. The Balaban J connectivity index is 1.20. The molecule has 4 aromatic rings. The van der Waals surface area contributed by atoms with Crippen molar-refractivity contribution in [1.82, 2.24) is 15.2 Å². The van der Waals surface area contributed by atoms with Gasteiger partial charge in [0.15, 0.2) is 0 Å². The number of piperidine rings is 1. The smallest absolute Gasteiger partial charge is 0.410 e. The van der Waals surface area contributed by atoms with Crippen molar-refractivity contribution in [2.24, 2.45) is 11.8 Å². The quantitative estimate of drug-likeness (QED) is 0.198. The lowest BCUT2D eigenvalue weighted by atomic mass is 9.78. The summed E-state index contributed by atoms with van der Waals surface area (Å²) in [6.45, 7) is 1.24. The minimum absolute atomic E-state index is 0.0243. The number of carbonyl (C=O) groups is 2. The summed E-state index contributed by atoms with van der Waals surface area (Å²) in [6.07, 6.45) is 3.31. The molecular formula is C36H41N3O6. The first-order chi connectivity index (χ1) is 22.0. The average molecular weight is 612 g/mol. The second-order valence-electron chi connectivity index (χ2n) is 11.5. The van der Waals surface area contributed by atoms with Crippen LogP contribution in [0.5, 0.6) is 5.75 Å². The van der Waals surface area contributed by atoms with Crippen molar-refractivity contribution in [3.05, 3.63) is 108 Å². The van der Waals surface area contributed by atoms with Crippen LogP contribution in [0.1, 0.15) is 36.0 Å². The standard InChI is InChI=1S/C36H41N3O6/c1-43-30-15-16-33-31(21-30)28(17-19-37-33)13-8-14-29-18-20-39(36(42)45-25-27-11-6-3-7-12-27)23-32(29)34(40)22-38-35(41)44-24-26-9-4-2-5-10-26/h2-7,9-12,15-17,19,21,29,32,34,40H,8,13-14,18,20,22-25H2,1H3,(H,38,41)/t29-,32+,34?/m1/s1. The number of ether oxygens (including phenoxy) is 3. The fourth-order valence-electron chi connectivity index (χ4n) is 6.00. The van der Waals surface area contributed by atoms with E-state index in [0.717, 1.165) is 53.5 Å². The summed E-state index contributed by atoms with van der Waals surface area (Å²) in [4.78, 5) is 31.6. The van der Waals surface area contributed by atoms with Crippen LogP contribution in [0.3, 0.4) is 0 Å². The van der Waals surface area contributed by atoms with Crippen LogP contribution in [0.4, 0.5) is 9.59 Å². The number of fused-ring (bicyclic) bond motifs is 1. The van der Waals surface area contributed by atoms with Crippen molar-refractivity contribution in [2.45, 2.75) is 45.0 Å². The Morgan fingerprint density at radius 2 is 1.69 bits per heavy atom. The van der Waals surface area contributed by atoms with Crippen molar-refractivity contribution >= 4 is 23.1 Å². The molecule has 1 unspecified atom stereocenters. The lowest BCUT2D eigenvalue weighted by Crippen LogP contribution is -2.50. The molecule has 1 aliphatic heterocycles. The van der Waals surface area contributed by atoms with Crippen molar-refractivity contribution < 1.29 is 28.9 Å². The predicted octanol–water partition coefficient (Wildman–Crippen LogP) is 6.13. The zero-order valence-electron chi connectivity index (χ0n) is 25.6. The molecule has 236 valence electrons. The largest absolute Gasteiger partial charge is 0.497 e. The summed E-state index contributed by atoms with van der Waals surface area (Å²) < 4.78 is 16.4. The molecule has 0 radical (unpaired) electrons. The number of benzene rings is 3. The number of rotatable bonds is 12. The lowest BCUT2D eigenvalue weighted by Gasteiger charge is -2.40. The van der Waals surface area contributed by atoms with Gasteiger partial charge in [-0.25, -0.2) is 9.59 Å². The number of likely N-dealkylation sites (tertiary alicyclic amines) is 1. The maximum Gasteiger partial charge on any atom is 0.410 e. The van der Waals surface area contributed by atoms with Gasteiger partial charge in [0.05, 0.1) is 18.7 Å². The molecule has 0 spiro atoms. The third kappa shape index (κ3) is 8.95. The molecule has 1 aliphatic rings. The molecule has 45 heavy (non-hydrogen) atoms. The maximum absolute atomic E-state index is 13.0. The topological polar surface area (TPSA) is 110 Å². The monoisotopic (exact) mass is 611 g/mol. The molecule has 2 heterocycles. The van der Waals surface area contributed by atoms with E-state index in [1.54, 1.807) is 12.0 Å². The number of aliphatic hydroxyl groups is 1. The summed E-state index contributed by atoms with van der Waals surface area (Å²) in [5.41, 5.74) is 3.91. The van der Waals surface area contributed by atoms with E-state index in [-0.39, 0.29) is 31.6 Å². The number of pyridine rings is 1. The van der Waals surface area contributed by atoms with Gasteiger partial charge in [-0.1, -0.05) is 60.7 Å². The van der Waals surface area contributed by atoms with Gasteiger partial charge in [-0.2, -0.15) is 0 Å². The van der Waals surface area contributed by atoms with Gasteiger partial charge in [0.1, 0.15) is 19.0 Å². The van der Waals surface area contributed by atoms with Crippen LogP contribution in [-0.2, 0) is 29.1 Å². The Morgan fingerprint density at radius 3 is 2.40 bits per heavy atom. The normalized spacial score (nSPS) is 17.0. The first kappa shape index (κ1) is 31.8. The third-order valence-electron chi connectivity index (χ3n) is 8.49. The van der Waals surface area contributed by atoms with E-state index >= 15 is 0 Å². The highest BCUT2D eigenvalue weighted by atomic mass is 16.6. The van der Waals surface area contributed by atoms with Gasteiger partial charge in [-0.05, 0) is 72.6 Å². The van der Waals surface area contributed by atoms with E-state index in [9.17, 15) is 14.7 Å². The van der Waals surface area contributed by atoms with Gasteiger partial charge >= 0.3 is 12.2 Å². The molecule has 2 amide bonds. The molecule has 0 saturated carbocycles. The zero-order chi connectivity index (χ0) is 31.4. The van der Waals surface area contributed by atoms with E-state index in [0.29, 0.717) is 13.1 Å². The van der Waals surface area contributed by atoms with Crippen LogP contribution in [0.25, 0.3) is 10.9 Å². The second-order valence-corrected chi connectivity index (χ2v) is 11.5. The highest BCUT2D eigenvalue weighted by Crippen LogP contribution is 2.32. The first-order valence-electron chi connectivity index (χ1n) is 15.5. The zero-order valence-corrected chi connectivity index (χ0v) is 25.6. The van der Waals surface area contributed by atoms with Gasteiger partial charge in [-0.15, -0.1) is 0 Å². The van der Waals surface area contributed by atoms with Crippen molar-refractivity contribution in [3.63, 3.8) is 0 Å². The second kappa shape index (κ2) is 15.9. The number of hydrogen-bond donors (Lipinski definition) is 2. The summed E-state index contributed by atoms with van der Waals surface area (Å²) in [7, 11) is 1.66. The van der Waals surface area contributed by atoms with E-state index < -0.39 is 18.3 Å². The molecule has 0 aliphatic carbocycles.